The van der Waals surface area contributed by atoms with E-state index in [1.54, 1.807) is 24.3 Å². The van der Waals surface area contributed by atoms with Crippen molar-refractivity contribution >= 4 is 5.69 Å². The van der Waals surface area contributed by atoms with Crippen LogP contribution >= 0.6 is 0 Å². The van der Waals surface area contributed by atoms with Crippen molar-refractivity contribution < 1.29 is 10.2 Å². The summed E-state index contributed by atoms with van der Waals surface area (Å²) in [5.74, 6) is 0.250. The summed E-state index contributed by atoms with van der Waals surface area (Å²) in [5.41, 5.74) is 8.28. The second-order valence-electron chi connectivity index (χ2n) is 3.75. The largest absolute Gasteiger partial charge is 0.507 e. The first kappa shape index (κ1) is 10.4. The highest BCUT2D eigenvalue weighted by atomic mass is 16.3. The molecule has 0 saturated carbocycles. The summed E-state index contributed by atoms with van der Waals surface area (Å²) in [5, 5.41) is 19.6. The third kappa shape index (κ3) is 1.67. The van der Waals surface area contributed by atoms with Gasteiger partial charge in [-0.2, -0.15) is 0 Å². The Hall–Kier alpha value is -2.16. The number of phenols is 2. The SMILES string of the molecule is Cc1cccc(O)c1-c1cc(N)ccc1O. The minimum atomic E-state index is 0.110. The van der Waals surface area contributed by atoms with Crippen LogP contribution < -0.4 is 5.73 Å². The Kier molecular flexibility index (Phi) is 2.44. The van der Waals surface area contributed by atoms with E-state index >= 15 is 0 Å². The molecule has 0 unspecified atom stereocenters. The number of nitrogen functional groups attached to an aromatic ring is 1. The molecule has 0 aliphatic heterocycles. The number of aryl methyl sites for hydroxylation is 1. The van der Waals surface area contributed by atoms with Crippen LogP contribution in [-0.4, -0.2) is 10.2 Å². The Labute approximate surface area is 93.8 Å². The number of hydrogen-bond acceptors (Lipinski definition) is 3. The first-order chi connectivity index (χ1) is 7.59. The molecule has 82 valence electrons. The maximum Gasteiger partial charge on any atom is 0.123 e. The van der Waals surface area contributed by atoms with Crippen molar-refractivity contribution in [2.24, 2.45) is 0 Å². The Morgan fingerprint density at radius 3 is 2.44 bits per heavy atom. The average molecular weight is 215 g/mol. The summed E-state index contributed by atoms with van der Waals surface area (Å²) in [6.45, 7) is 1.87. The monoisotopic (exact) mass is 215 g/mol. The van der Waals surface area contributed by atoms with Gasteiger partial charge in [0, 0.05) is 16.8 Å². The molecule has 0 atom stereocenters. The maximum atomic E-state index is 9.81. The molecule has 0 heterocycles. The molecule has 2 rings (SSSR count). The quantitative estimate of drug-likeness (QED) is 0.506. The number of hydrogen-bond donors (Lipinski definition) is 3. The molecule has 0 radical (unpaired) electrons. The molecule has 2 aromatic rings. The van der Waals surface area contributed by atoms with Crippen LogP contribution in [0.4, 0.5) is 5.69 Å². The Balaban J connectivity index is 2.72. The van der Waals surface area contributed by atoms with E-state index < -0.39 is 0 Å². The zero-order chi connectivity index (χ0) is 11.7. The number of anilines is 1. The molecule has 0 bridgehead atoms. The third-order valence-electron chi connectivity index (χ3n) is 2.54. The molecule has 0 spiro atoms. The molecule has 0 saturated heterocycles. The fourth-order valence-corrected chi connectivity index (χ4v) is 1.76. The van der Waals surface area contributed by atoms with Gasteiger partial charge in [0.2, 0.25) is 0 Å². The minimum absolute atomic E-state index is 0.110. The van der Waals surface area contributed by atoms with Crippen LogP contribution in [0.15, 0.2) is 36.4 Å². The van der Waals surface area contributed by atoms with E-state index in [1.807, 2.05) is 13.0 Å². The highest BCUT2D eigenvalue weighted by Gasteiger charge is 2.11. The molecule has 16 heavy (non-hydrogen) atoms. The van der Waals surface area contributed by atoms with E-state index in [2.05, 4.69) is 0 Å². The third-order valence-corrected chi connectivity index (χ3v) is 2.54. The fourth-order valence-electron chi connectivity index (χ4n) is 1.76. The fraction of sp³-hybridized carbons (Fsp3) is 0.0769. The second-order valence-corrected chi connectivity index (χ2v) is 3.75. The Morgan fingerprint density at radius 1 is 1.00 bits per heavy atom. The van der Waals surface area contributed by atoms with Gasteiger partial charge in [-0.1, -0.05) is 12.1 Å². The van der Waals surface area contributed by atoms with Crippen molar-refractivity contribution in [1.82, 2.24) is 0 Å². The van der Waals surface area contributed by atoms with Crippen LogP contribution in [0.3, 0.4) is 0 Å². The van der Waals surface area contributed by atoms with Gasteiger partial charge in [-0.25, -0.2) is 0 Å². The number of rotatable bonds is 1. The standard InChI is InChI=1S/C13H13NO2/c1-8-3-2-4-12(16)13(8)10-7-9(14)5-6-11(10)15/h2-7,15-16H,14H2,1H3. The molecule has 3 heteroatoms. The number of aromatic hydroxyl groups is 2. The predicted octanol–water partition coefficient (Wildman–Crippen LogP) is 2.66. The molecule has 4 N–H and O–H groups in total. The molecule has 0 aromatic heterocycles. The van der Waals surface area contributed by atoms with Gasteiger partial charge < -0.3 is 15.9 Å². The summed E-state index contributed by atoms with van der Waals surface area (Å²) < 4.78 is 0. The van der Waals surface area contributed by atoms with Crippen LogP contribution in [0.2, 0.25) is 0 Å². The molecular formula is C13H13NO2. The summed E-state index contributed by atoms with van der Waals surface area (Å²) in [6.07, 6.45) is 0. The van der Waals surface area contributed by atoms with Gasteiger partial charge in [-0.3, -0.25) is 0 Å². The van der Waals surface area contributed by atoms with Gasteiger partial charge in [-0.05, 0) is 36.8 Å². The lowest BCUT2D eigenvalue weighted by molar-refractivity contribution is 0.469. The van der Waals surface area contributed by atoms with E-state index in [-0.39, 0.29) is 11.5 Å². The summed E-state index contributed by atoms with van der Waals surface area (Å²) >= 11 is 0. The zero-order valence-corrected chi connectivity index (χ0v) is 8.94. The van der Waals surface area contributed by atoms with Gasteiger partial charge in [0.05, 0.1) is 0 Å². The highest BCUT2D eigenvalue weighted by molar-refractivity contribution is 5.80. The van der Waals surface area contributed by atoms with Gasteiger partial charge in [0.15, 0.2) is 0 Å². The van der Waals surface area contributed by atoms with Crippen LogP contribution in [0.1, 0.15) is 5.56 Å². The Bertz CT molecular complexity index is 515. The van der Waals surface area contributed by atoms with Crippen LogP contribution in [0.25, 0.3) is 11.1 Å². The lowest BCUT2D eigenvalue weighted by Gasteiger charge is -2.10. The van der Waals surface area contributed by atoms with E-state index in [0.717, 1.165) is 5.56 Å². The van der Waals surface area contributed by atoms with Crippen molar-refractivity contribution in [3.8, 4) is 22.6 Å². The molecule has 3 nitrogen and oxygen atoms in total. The van der Waals surface area contributed by atoms with Crippen LogP contribution in [0, 0.1) is 6.92 Å². The maximum absolute atomic E-state index is 9.81. The van der Waals surface area contributed by atoms with Gasteiger partial charge in [-0.15, -0.1) is 0 Å². The van der Waals surface area contributed by atoms with E-state index in [0.29, 0.717) is 16.8 Å². The molecule has 0 aliphatic carbocycles. The van der Waals surface area contributed by atoms with Crippen molar-refractivity contribution in [1.29, 1.82) is 0 Å². The zero-order valence-electron chi connectivity index (χ0n) is 8.94. The van der Waals surface area contributed by atoms with Crippen molar-refractivity contribution in [3.63, 3.8) is 0 Å². The second kappa shape index (κ2) is 3.77. The molecular weight excluding hydrogens is 202 g/mol. The van der Waals surface area contributed by atoms with Crippen molar-refractivity contribution in [3.05, 3.63) is 42.0 Å². The summed E-state index contributed by atoms with van der Waals surface area (Å²) in [6, 6.07) is 10.0. The summed E-state index contributed by atoms with van der Waals surface area (Å²) in [7, 11) is 0. The first-order valence-corrected chi connectivity index (χ1v) is 4.97. The summed E-state index contributed by atoms with van der Waals surface area (Å²) in [4.78, 5) is 0. The van der Waals surface area contributed by atoms with Gasteiger partial charge in [0.25, 0.3) is 0 Å². The van der Waals surface area contributed by atoms with Crippen LogP contribution in [0.5, 0.6) is 11.5 Å². The lowest BCUT2D eigenvalue weighted by Crippen LogP contribution is -1.89. The number of benzene rings is 2. The smallest absolute Gasteiger partial charge is 0.123 e. The average Bonchev–Trinajstić information content (AvgIpc) is 2.23. The van der Waals surface area contributed by atoms with E-state index in [1.165, 1.54) is 6.07 Å². The van der Waals surface area contributed by atoms with Crippen molar-refractivity contribution in [2.45, 2.75) is 6.92 Å². The predicted molar refractivity (Wildman–Crippen MR) is 64.4 cm³/mol. The number of nitrogens with two attached hydrogens (primary N) is 1. The normalized spacial score (nSPS) is 10.3. The lowest BCUT2D eigenvalue weighted by atomic mass is 9.98. The van der Waals surface area contributed by atoms with Crippen molar-refractivity contribution in [2.75, 3.05) is 5.73 Å². The van der Waals surface area contributed by atoms with Gasteiger partial charge >= 0.3 is 0 Å². The Morgan fingerprint density at radius 2 is 1.75 bits per heavy atom. The van der Waals surface area contributed by atoms with E-state index in [4.69, 9.17) is 5.73 Å². The first-order valence-electron chi connectivity index (χ1n) is 4.97. The highest BCUT2D eigenvalue weighted by Crippen LogP contribution is 2.38. The number of phenolic OH excluding ortho intramolecular Hbond substituents is 2. The molecule has 0 fully saturated rings. The van der Waals surface area contributed by atoms with E-state index in [9.17, 15) is 10.2 Å². The van der Waals surface area contributed by atoms with Gasteiger partial charge in [0.1, 0.15) is 11.5 Å². The van der Waals surface area contributed by atoms with Crippen LogP contribution in [-0.2, 0) is 0 Å². The minimum Gasteiger partial charge on any atom is -0.507 e. The molecule has 0 amide bonds. The molecule has 2 aromatic carbocycles. The molecule has 0 aliphatic rings. The topological polar surface area (TPSA) is 66.5 Å².